The molecule has 1 aliphatic heterocycles. The highest BCUT2D eigenvalue weighted by atomic mass is 32.1. The van der Waals surface area contributed by atoms with E-state index >= 15 is 0 Å². The van der Waals surface area contributed by atoms with Crippen LogP contribution in [0.5, 0.6) is 0 Å². The van der Waals surface area contributed by atoms with Gasteiger partial charge in [0.25, 0.3) is 0 Å². The number of hydrogen-bond acceptors (Lipinski definition) is 4. The smallest absolute Gasteiger partial charge is 0.236 e. The zero-order valence-corrected chi connectivity index (χ0v) is 14.8. The largest absolute Gasteiger partial charge is 0.440 e. The molecule has 0 atom stereocenters. The summed E-state index contributed by atoms with van der Waals surface area (Å²) in [5.74, 6) is 2.41. The second kappa shape index (κ2) is 6.91. The van der Waals surface area contributed by atoms with Crippen LogP contribution in [0.4, 0.5) is 0 Å². The molecule has 0 aliphatic carbocycles. The molecule has 1 fully saturated rings. The molecule has 0 N–H and O–H groups in total. The van der Waals surface area contributed by atoms with E-state index in [2.05, 4.69) is 46.7 Å². The summed E-state index contributed by atoms with van der Waals surface area (Å²) < 4.78 is 5.86. The molecule has 3 nitrogen and oxygen atoms in total. The first-order valence-electron chi connectivity index (χ1n) is 8.57. The van der Waals surface area contributed by atoms with E-state index in [1.807, 2.05) is 13.0 Å². The molecule has 4 rings (SSSR count). The Morgan fingerprint density at radius 3 is 2.62 bits per heavy atom. The lowest BCUT2D eigenvalue weighted by atomic mass is 9.89. The van der Waals surface area contributed by atoms with Gasteiger partial charge in [-0.3, -0.25) is 4.90 Å². The second-order valence-electron chi connectivity index (χ2n) is 6.46. The average molecular weight is 338 g/mol. The highest BCUT2D eigenvalue weighted by Gasteiger charge is 2.22. The number of piperidine rings is 1. The van der Waals surface area contributed by atoms with E-state index in [0.29, 0.717) is 5.92 Å². The van der Waals surface area contributed by atoms with Crippen LogP contribution >= 0.6 is 11.3 Å². The van der Waals surface area contributed by atoms with Crippen LogP contribution in [-0.2, 0) is 6.54 Å². The Hall–Kier alpha value is -1.91. The van der Waals surface area contributed by atoms with Crippen LogP contribution in [0, 0.1) is 6.92 Å². The number of aromatic nitrogens is 1. The van der Waals surface area contributed by atoms with Crippen molar-refractivity contribution in [1.29, 1.82) is 0 Å². The van der Waals surface area contributed by atoms with Crippen molar-refractivity contribution in [1.82, 2.24) is 9.88 Å². The molecule has 1 saturated heterocycles. The molecule has 0 spiro atoms. The van der Waals surface area contributed by atoms with Crippen LogP contribution in [0.3, 0.4) is 0 Å². The highest BCUT2D eigenvalue weighted by Crippen LogP contribution is 2.30. The van der Waals surface area contributed by atoms with Gasteiger partial charge in [0.2, 0.25) is 5.89 Å². The maximum absolute atomic E-state index is 5.86. The van der Waals surface area contributed by atoms with Gasteiger partial charge in [-0.2, -0.15) is 0 Å². The molecule has 124 valence electrons. The third kappa shape index (κ3) is 3.30. The van der Waals surface area contributed by atoms with Gasteiger partial charge in [0.15, 0.2) is 0 Å². The number of nitrogens with zero attached hydrogens (tertiary/aromatic N) is 2. The van der Waals surface area contributed by atoms with Crippen molar-refractivity contribution >= 4 is 11.3 Å². The highest BCUT2D eigenvalue weighted by molar-refractivity contribution is 7.13. The molecule has 1 aliphatic rings. The number of rotatable bonds is 4. The van der Waals surface area contributed by atoms with E-state index in [4.69, 9.17) is 9.40 Å². The fourth-order valence-corrected chi connectivity index (χ4v) is 4.09. The Morgan fingerprint density at radius 1 is 1.12 bits per heavy atom. The Balaban J connectivity index is 1.39. The number of likely N-dealkylation sites (tertiary alicyclic amines) is 1. The lowest BCUT2D eigenvalue weighted by molar-refractivity contribution is 0.202. The molecule has 0 unspecified atom stereocenters. The molecule has 0 radical (unpaired) electrons. The number of aryl methyl sites for hydroxylation is 1. The number of hydrogen-bond donors (Lipinski definition) is 0. The molecule has 1 aromatic carbocycles. The third-order valence-electron chi connectivity index (χ3n) is 4.86. The normalized spacial score (nSPS) is 16.5. The third-order valence-corrected chi connectivity index (χ3v) is 5.71. The summed E-state index contributed by atoms with van der Waals surface area (Å²) >= 11 is 1.67. The molecular formula is C20H22N2OS. The molecule has 3 heterocycles. The van der Waals surface area contributed by atoms with Gasteiger partial charge in [-0.25, -0.2) is 4.98 Å². The van der Waals surface area contributed by atoms with Gasteiger partial charge in [-0.05, 0) is 55.8 Å². The summed E-state index contributed by atoms with van der Waals surface area (Å²) in [7, 11) is 0. The number of thiophene rings is 1. The summed E-state index contributed by atoms with van der Waals surface area (Å²) in [6, 6.07) is 15.0. The van der Waals surface area contributed by atoms with Gasteiger partial charge < -0.3 is 4.42 Å². The van der Waals surface area contributed by atoms with E-state index in [-0.39, 0.29) is 0 Å². The number of oxazole rings is 1. The van der Waals surface area contributed by atoms with Crippen LogP contribution in [-0.4, -0.2) is 23.0 Å². The fourth-order valence-electron chi connectivity index (χ4n) is 3.44. The topological polar surface area (TPSA) is 29.3 Å². The first kappa shape index (κ1) is 15.6. The van der Waals surface area contributed by atoms with E-state index in [1.165, 1.54) is 18.4 Å². The van der Waals surface area contributed by atoms with E-state index in [9.17, 15) is 0 Å². The van der Waals surface area contributed by atoms with Crippen LogP contribution in [0.2, 0.25) is 0 Å². The van der Waals surface area contributed by atoms with Gasteiger partial charge in [0.1, 0.15) is 5.76 Å². The van der Waals surface area contributed by atoms with Gasteiger partial charge in [-0.15, -0.1) is 11.3 Å². The quantitative estimate of drug-likeness (QED) is 0.663. The van der Waals surface area contributed by atoms with E-state index in [0.717, 1.165) is 41.9 Å². The van der Waals surface area contributed by atoms with Gasteiger partial charge in [-0.1, -0.05) is 36.4 Å². The lowest BCUT2D eigenvalue weighted by Crippen LogP contribution is -2.32. The van der Waals surface area contributed by atoms with Gasteiger partial charge >= 0.3 is 0 Å². The summed E-state index contributed by atoms with van der Waals surface area (Å²) in [4.78, 5) is 8.33. The molecule has 2 aromatic heterocycles. The first-order chi connectivity index (χ1) is 11.8. The molecule has 3 aromatic rings. The van der Waals surface area contributed by atoms with Crippen molar-refractivity contribution in [2.45, 2.75) is 32.2 Å². The molecule has 24 heavy (non-hydrogen) atoms. The second-order valence-corrected chi connectivity index (χ2v) is 7.41. The minimum atomic E-state index is 0.697. The maximum atomic E-state index is 5.86. The number of benzene rings is 1. The van der Waals surface area contributed by atoms with Crippen molar-refractivity contribution in [3.05, 3.63) is 64.9 Å². The summed E-state index contributed by atoms with van der Waals surface area (Å²) in [5.41, 5.74) is 2.56. The Kier molecular flexibility index (Phi) is 4.50. The predicted molar refractivity (Wildman–Crippen MR) is 98.2 cm³/mol. The maximum Gasteiger partial charge on any atom is 0.236 e. The zero-order chi connectivity index (χ0) is 16.4. The summed E-state index contributed by atoms with van der Waals surface area (Å²) in [6.07, 6.45) is 2.44. The Bertz CT molecular complexity index is 771. The SMILES string of the molecule is Cc1oc(-c2cccs2)nc1CN1CCC(c2ccccc2)CC1. The lowest BCUT2D eigenvalue weighted by Gasteiger charge is -2.31. The monoisotopic (exact) mass is 338 g/mol. The minimum absolute atomic E-state index is 0.697. The minimum Gasteiger partial charge on any atom is -0.440 e. The van der Waals surface area contributed by atoms with Crippen LogP contribution in [0.15, 0.2) is 52.3 Å². The van der Waals surface area contributed by atoms with E-state index < -0.39 is 0 Å². The van der Waals surface area contributed by atoms with Gasteiger partial charge in [0.05, 0.1) is 10.6 Å². The molecular weight excluding hydrogens is 316 g/mol. The average Bonchev–Trinajstić information content (AvgIpc) is 3.27. The van der Waals surface area contributed by atoms with Crippen LogP contribution in [0.25, 0.3) is 10.8 Å². The zero-order valence-electron chi connectivity index (χ0n) is 13.9. The van der Waals surface area contributed by atoms with Crippen LogP contribution in [0.1, 0.15) is 35.8 Å². The van der Waals surface area contributed by atoms with Crippen molar-refractivity contribution in [2.75, 3.05) is 13.1 Å². The van der Waals surface area contributed by atoms with E-state index in [1.54, 1.807) is 11.3 Å². The van der Waals surface area contributed by atoms with Crippen molar-refractivity contribution in [3.8, 4) is 10.8 Å². The Morgan fingerprint density at radius 2 is 1.92 bits per heavy atom. The summed E-state index contributed by atoms with van der Waals surface area (Å²) in [5, 5.41) is 2.06. The van der Waals surface area contributed by atoms with Gasteiger partial charge in [0, 0.05) is 6.54 Å². The Labute approximate surface area is 147 Å². The first-order valence-corrected chi connectivity index (χ1v) is 9.45. The predicted octanol–water partition coefficient (Wildman–Crippen LogP) is 5.09. The standard InChI is InChI=1S/C20H22N2OS/c1-15-18(21-20(23-15)19-8-5-13-24-19)14-22-11-9-17(10-12-22)16-6-3-2-4-7-16/h2-8,13,17H,9-12,14H2,1H3. The van der Waals surface area contributed by atoms with Crippen LogP contribution < -0.4 is 0 Å². The summed E-state index contributed by atoms with van der Waals surface area (Å²) in [6.45, 7) is 5.17. The molecule has 0 amide bonds. The molecule has 4 heteroatoms. The molecule has 0 saturated carbocycles. The molecule has 0 bridgehead atoms. The van der Waals surface area contributed by atoms with Crippen molar-refractivity contribution in [2.24, 2.45) is 0 Å². The van der Waals surface area contributed by atoms with Crippen molar-refractivity contribution in [3.63, 3.8) is 0 Å². The van der Waals surface area contributed by atoms with Crippen molar-refractivity contribution < 1.29 is 4.42 Å². The fraction of sp³-hybridized carbons (Fsp3) is 0.350.